The molecule has 17 heavy (non-hydrogen) atoms. The third-order valence-electron chi connectivity index (χ3n) is 4.16. The van der Waals surface area contributed by atoms with Crippen molar-refractivity contribution in [2.45, 2.75) is 44.7 Å². The molecule has 1 aliphatic rings. The van der Waals surface area contributed by atoms with Gasteiger partial charge in [0.15, 0.2) is 0 Å². The van der Waals surface area contributed by atoms with Crippen LogP contribution in [0.5, 0.6) is 0 Å². The second kappa shape index (κ2) is 5.65. The first kappa shape index (κ1) is 12.6. The van der Waals surface area contributed by atoms with Gasteiger partial charge in [0.2, 0.25) is 0 Å². The zero-order valence-electron chi connectivity index (χ0n) is 10.7. The predicted molar refractivity (Wildman–Crippen MR) is 70.8 cm³/mol. The molecule has 94 valence electrons. The maximum atomic E-state index is 9.75. The number of likely N-dealkylation sites (tertiary alicyclic amines) is 1. The molecule has 1 unspecified atom stereocenters. The van der Waals surface area contributed by atoms with Gasteiger partial charge in [0, 0.05) is 12.1 Å². The standard InChI is InChI=1S/C15H23NO/c1-2-15(13-17)10-6-7-11-16(15)12-14-8-4-3-5-9-14/h3-5,8-9,17H,2,6-7,10-13H2,1H3. The van der Waals surface area contributed by atoms with Crippen LogP contribution in [-0.4, -0.2) is 28.7 Å². The summed E-state index contributed by atoms with van der Waals surface area (Å²) in [7, 11) is 0. The van der Waals surface area contributed by atoms with E-state index in [2.05, 4.69) is 42.2 Å². The van der Waals surface area contributed by atoms with Gasteiger partial charge in [-0.1, -0.05) is 43.7 Å². The molecule has 2 nitrogen and oxygen atoms in total. The van der Waals surface area contributed by atoms with Crippen LogP contribution in [0.2, 0.25) is 0 Å². The number of hydrogen-bond donors (Lipinski definition) is 1. The molecule has 1 heterocycles. The lowest BCUT2D eigenvalue weighted by Gasteiger charge is -2.46. The molecule has 0 amide bonds. The van der Waals surface area contributed by atoms with Crippen molar-refractivity contribution < 1.29 is 5.11 Å². The van der Waals surface area contributed by atoms with Gasteiger partial charge in [-0.15, -0.1) is 0 Å². The van der Waals surface area contributed by atoms with Crippen LogP contribution in [0.3, 0.4) is 0 Å². The number of benzene rings is 1. The molecule has 1 saturated heterocycles. The van der Waals surface area contributed by atoms with Crippen LogP contribution >= 0.6 is 0 Å². The van der Waals surface area contributed by atoms with E-state index in [0.717, 1.165) is 25.9 Å². The van der Waals surface area contributed by atoms with Gasteiger partial charge in [0.05, 0.1) is 6.61 Å². The molecule has 0 radical (unpaired) electrons. The second-order valence-corrected chi connectivity index (χ2v) is 5.10. The monoisotopic (exact) mass is 233 g/mol. The van der Waals surface area contributed by atoms with Crippen LogP contribution in [0.1, 0.15) is 38.2 Å². The van der Waals surface area contributed by atoms with E-state index in [0.29, 0.717) is 0 Å². The average Bonchev–Trinajstić information content (AvgIpc) is 2.41. The Morgan fingerprint density at radius 1 is 1.24 bits per heavy atom. The first-order valence-electron chi connectivity index (χ1n) is 6.70. The van der Waals surface area contributed by atoms with Gasteiger partial charge in [0.1, 0.15) is 0 Å². The minimum Gasteiger partial charge on any atom is -0.394 e. The Kier molecular flexibility index (Phi) is 4.19. The maximum Gasteiger partial charge on any atom is 0.0615 e. The summed E-state index contributed by atoms with van der Waals surface area (Å²) in [6.45, 7) is 4.56. The predicted octanol–water partition coefficient (Wildman–Crippen LogP) is 2.81. The summed E-state index contributed by atoms with van der Waals surface area (Å²) in [4.78, 5) is 2.48. The molecule has 2 rings (SSSR count). The van der Waals surface area contributed by atoms with Crippen molar-refractivity contribution in [3.8, 4) is 0 Å². The molecule has 1 fully saturated rings. The van der Waals surface area contributed by atoms with Gasteiger partial charge in [0.25, 0.3) is 0 Å². The summed E-state index contributed by atoms with van der Waals surface area (Å²) >= 11 is 0. The van der Waals surface area contributed by atoms with E-state index in [-0.39, 0.29) is 12.1 Å². The molecule has 1 atom stereocenters. The number of hydrogen-bond acceptors (Lipinski definition) is 2. The lowest BCUT2D eigenvalue weighted by Crippen LogP contribution is -2.53. The van der Waals surface area contributed by atoms with E-state index in [1.807, 2.05) is 0 Å². The highest BCUT2D eigenvalue weighted by Gasteiger charge is 2.36. The summed E-state index contributed by atoms with van der Waals surface area (Å²) in [5.41, 5.74) is 1.37. The van der Waals surface area contributed by atoms with Gasteiger partial charge in [-0.3, -0.25) is 4.90 Å². The number of aliphatic hydroxyl groups is 1. The van der Waals surface area contributed by atoms with E-state index in [4.69, 9.17) is 0 Å². The second-order valence-electron chi connectivity index (χ2n) is 5.10. The van der Waals surface area contributed by atoms with Gasteiger partial charge in [-0.2, -0.15) is 0 Å². The Labute approximate surface area is 104 Å². The third-order valence-corrected chi connectivity index (χ3v) is 4.16. The van der Waals surface area contributed by atoms with Gasteiger partial charge in [-0.05, 0) is 31.4 Å². The van der Waals surface area contributed by atoms with E-state index in [1.165, 1.54) is 18.4 Å². The topological polar surface area (TPSA) is 23.5 Å². The minimum absolute atomic E-state index is 0.0219. The summed E-state index contributed by atoms with van der Waals surface area (Å²) in [5.74, 6) is 0. The largest absolute Gasteiger partial charge is 0.394 e. The molecule has 0 spiro atoms. The highest BCUT2D eigenvalue weighted by atomic mass is 16.3. The molecule has 1 aliphatic heterocycles. The van der Waals surface area contributed by atoms with E-state index in [9.17, 15) is 5.11 Å². The zero-order chi connectivity index (χ0) is 12.1. The fourth-order valence-electron chi connectivity index (χ4n) is 2.89. The van der Waals surface area contributed by atoms with Crippen LogP contribution in [0, 0.1) is 0 Å². The first-order valence-corrected chi connectivity index (χ1v) is 6.70. The summed E-state index contributed by atoms with van der Waals surface area (Å²) in [6.07, 6.45) is 4.68. The van der Waals surface area contributed by atoms with E-state index < -0.39 is 0 Å². The number of aliphatic hydroxyl groups excluding tert-OH is 1. The lowest BCUT2D eigenvalue weighted by atomic mass is 9.84. The molecular formula is C15H23NO. The van der Waals surface area contributed by atoms with Crippen molar-refractivity contribution in [2.75, 3.05) is 13.2 Å². The Hall–Kier alpha value is -0.860. The van der Waals surface area contributed by atoms with E-state index >= 15 is 0 Å². The van der Waals surface area contributed by atoms with Crippen LogP contribution in [-0.2, 0) is 6.54 Å². The van der Waals surface area contributed by atoms with Crippen LogP contribution in [0.15, 0.2) is 30.3 Å². The number of rotatable bonds is 4. The average molecular weight is 233 g/mol. The maximum absolute atomic E-state index is 9.75. The minimum atomic E-state index is 0.0219. The van der Waals surface area contributed by atoms with Gasteiger partial charge < -0.3 is 5.11 Å². The zero-order valence-corrected chi connectivity index (χ0v) is 10.7. The van der Waals surface area contributed by atoms with Crippen LogP contribution in [0.4, 0.5) is 0 Å². The summed E-state index contributed by atoms with van der Waals surface area (Å²) < 4.78 is 0. The van der Waals surface area contributed by atoms with Crippen LogP contribution < -0.4 is 0 Å². The fourth-order valence-corrected chi connectivity index (χ4v) is 2.89. The SMILES string of the molecule is CCC1(CO)CCCCN1Cc1ccccc1. The molecule has 1 aromatic rings. The number of nitrogens with zero attached hydrogens (tertiary/aromatic N) is 1. The quantitative estimate of drug-likeness (QED) is 0.864. The molecular weight excluding hydrogens is 210 g/mol. The number of piperidine rings is 1. The molecule has 0 aliphatic carbocycles. The molecule has 1 N–H and O–H groups in total. The highest BCUT2D eigenvalue weighted by Crippen LogP contribution is 2.32. The molecule has 0 bridgehead atoms. The smallest absolute Gasteiger partial charge is 0.0615 e. The summed E-state index contributed by atoms with van der Waals surface area (Å²) in [6, 6.07) is 10.6. The molecule has 0 saturated carbocycles. The van der Waals surface area contributed by atoms with Crippen molar-refractivity contribution in [3.05, 3.63) is 35.9 Å². The van der Waals surface area contributed by atoms with Gasteiger partial charge >= 0.3 is 0 Å². The Morgan fingerprint density at radius 2 is 2.00 bits per heavy atom. The Balaban J connectivity index is 2.12. The Bertz CT molecular complexity index is 332. The third kappa shape index (κ3) is 2.70. The van der Waals surface area contributed by atoms with Crippen molar-refractivity contribution in [2.24, 2.45) is 0 Å². The van der Waals surface area contributed by atoms with Crippen LogP contribution in [0.25, 0.3) is 0 Å². The Morgan fingerprint density at radius 3 is 2.65 bits per heavy atom. The molecule has 0 aromatic heterocycles. The summed E-state index contributed by atoms with van der Waals surface area (Å²) in [5, 5.41) is 9.75. The highest BCUT2D eigenvalue weighted by molar-refractivity contribution is 5.15. The molecule has 1 aromatic carbocycles. The van der Waals surface area contributed by atoms with Crippen molar-refractivity contribution in [1.29, 1.82) is 0 Å². The van der Waals surface area contributed by atoms with Crippen molar-refractivity contribution in [1.82, 2.24) is 4.90 Å². The van der Waals surface area contributed by atoms with E-state index in [1.54, 1.807) is 0 Å². The van der Waals surface area contributed by atoms with Gasteiger partial charge in [-0.25, -0.2) is 0 Å². The fraction of sp³-hybridized carbons (Fsp3) is 0.600. The molecule has 2 heteroatoms. The first-order chi connectivity index (χ1) is 8.30. The van der Waals surface area contributed by atoms with Crippen molar-refractivity contribution >= 4 is 0 Å². The lowest BCUT2D eigenvalue weighted by molar-refractivity contribution is -0.0101. The normalized spacial score (nSPS) is 26.0. The van der Waals surface area contributed by atoms with Crippen molar-refractivity contribution in [3.63, 3.8) is 0 Å².